The van der Waals surface area contributed by atoms with E-state index in [1.54, 1.807) is 31.3 Å². The van der Waals surface area contributed by atoms with Crippen molar-refractivity contribution < 1.29 is 14.3 Å². The molecular formula is C22H21N7O3S. The van der Waals surface area contributed by atoms with Crippen molar-refractivity contribution in [2.75, 3.05) is 12.4 Å². The van der Waals surface area contributed by atoms with Crippen LogP contribution in [-0.4, -0.2) is 49.3 Å². The zero-order valence-corrected chi connectivity index (χ0v) is 19.0. The number of methoxy groups -OCH3 is 1. The molecule has 10 nitrogen and oxygen atoms in total. The Hall–Kier alpha value is -3.99. The van der Waals surface area contributed by atoms with Gasteiger partial charge in [0.05, 0.1) is 24.7 Å². The summed E-state index contributed by atoms with van der Waals surface area (Å²) in [5, 5.41) is 17.4. The lowest BCUT2D eigenvalue weighted by molar-refractivity contribution is -0.115. The van der Waals surface area contributed by atoms with E-state index >= 15 is 0 Å². The molecule has 0 aliphatic carbocycles. The Morgan fingerprint density at radius 1 is 1.09 bits per heavy atom. The van der Waals surface area contributed by atoms with Gasteiger partial charge in [-0.2, -0.15) is 10.2 Å². The summed E-state index contributed by atoms with van der Waals surface area (Å²) in [5.41, 5.74) is 4.25. The summed E-state index contributed by atoms with van der Waals surface area (Å²) in [6.07, 6.45) is 2.03. The summed E-state index contributed by atoms with van der Waals surface area (Å²) in [7, 11) is 1.30. The summed E-state index contributed by atoms with van der Waals surface area (Å²) < 4.78 is 4.88. The Morgan fingerprint density at radius 3 is 2.55 bits per heavy atom. The monoisotopic (exact) mass is 463 g/mol. The fourth-order valence-corrected chi connectivity index (χ4v) is 3.77. The van der Waals surface area contributed by atoms with Crippen molar-refractivity contribution in [3.63, 3.8) is 0 Å². The molecule has 3 heterocycles. The number of hydrogen-bond donors (Lipinski definition) is 3. The van der Waals surface area contributed by atoms with Crippen molar-refractivity contribution in [2.45, 2.75) is 30.3 Å². The molecule has 0 radical (unpaired) electrons. The summed E-state index contributed by atoms with van der Waals surface area (Å²) in [4.78, 5) is 33.7. The Balaban J connectivity index is 1.68. The first-order valence-corrected chi connectivity index (χ1v) is 10.9. The third-order valence-corrected chi connectivity index (χ3v) is 5.52. The second-order valence-corrected chi connectivity index (χ2v) is 8.08. The van der Waals surface area contributed by atoms with E-state index in [9.17, 15) is 9.59 Å². The van der Waals surface area contributed by atoms with Gasteiger partial charge in [-0.3, -0.25) is 15.0 Å². The largest absolute Gasteiger partial charge is 0.464 e. The van der Waals surface area contributed by atoms with Crippen LogP contribution in [0.2, 0.25) is 0 Å². The Kier molecular flexibility index (Phi) is 6.50. The van der Waals surface area contributed by atoms with E-state index in [0.29, 0.717) is 39.9 Å². The molecule has 0 saturated heterocycles. The van der Waals surface area contributed by atoms with E-state index in [1.165, 1.54) is 18.9 Å². The highest BCUT2D eigenvalue weighted by Crippen LogP contribution is 2.32. The van der Waals surface area contributed by atoms with Gasteiger partial charge in [0, 0.05) is 28.3 Å². The molecule has 0 atom stereocenters. The van der Waals surface area contributed by atoms with Crippen molar-refractivity contribution in [2.24, 2.45) is 0 Å². The topological polar surface area (TPSA) is 139 Å². The van der Waals surface area contributed by atoms with Crippen LogP contribution in [0.15, 0.2) is 52.6 Å². The molecule has 0 bridgehead atoms. The number of hydrogen-bond acceptors (Lipinski definition) is 8. The van der Waals surface area contributed by atoms with E-state index in [4.69, 9.17) is 4.74 Å². The van der Waals surface area contributed by atoms with Crippen molar-refractivity contribution in [3.8, 4) is 22.6 Å². The van der Waals surface area contributed by atoms with E-state index < -0.39 is 5.97 Å². The number of carbonyl (C=O) groups is 2. The average molecular weight is 464 g/mol. The molecular weight excluding hydrogens is 442 g/mol. The van der Waals surface area contributed by atoms with Crippen molar-refractivity contribution in [3.05, 3.63) is 54.0 Å². The predicted molar refractivity (Wildman–Crippen MR) is 123 cm³/mol. The predicted octanol–water partition coefficient (Wildman–Crippen LogP) is 3.85. The van der Waals surface area contributed by atoms with E-state index in [2.05, 4.69) is 35.7 Å². The number of nitrogens with one attached hydrogen (secondary N) is 3. The Labute approximate surface area is 193 Å². The molecule has 168 valence electrons. The Bertz CT molecular complexity index is 1300. The highest BCUT2D eigenvalue weighted by Gasteiger charge is 2.19. The van der Waals surface area contributed by atoms with Gasteiger partial charge in [-0.1, -0.05) is 6.92 Å². The van der Waals surface area contributed by atoms with Gasteiger partial charge in [0.25, 0.3) is 0 Å². The zero-order chi connectivity index (χ0) is 23.4. The minimum Gasteiger partial charge on any atom is -0.464 e. The number of anilines is 1. The third kappa shape index (κ3) is 5.09. The number of amides is 1. The smallest absolute Gasteiger partial charge is 0.356 e. The lowest BCUT2D eigenvalue weighted by atomic mass is 10.1. The van der Waals surface area contributed by atoms with E-state index in [1.807, 2.05) is 25.1 Å². The number of ether oxygens (including phenoxy) is 1. The molecule has 1 aromatic carbocycles. The third-order valence-electron chi connectivity index (χ3n) is 4.65. The summed E-state index contributed by atoms with van der Waals surface area (Å²) in [5.74, 6) is -0.629. The van der Waals surface area contributed by atoms with Crippen LogP contribution < -0.4 is 5.32 Å². The highest BCUT2D eigenvalue weighted by atomic mass is 32.2. The van der Waals surface area contributed by atoms with Crippen molar-refractivity contribution in [1.29, 1.82) is 0 Å². The van der Waals surface area contributed by atoms with Crippen LogP contribution in [0.5, 0.6) is 0 Å². The van der Waals surface area contributed by atoms with Crippen LogP contribution in [0.3, 0.4) is 0 Å². The van der Waals surface area contributed by atoms with Crippen LogP contribution in [0.1, 0.15) is 29.5 Å². The fourth-order valence-electron chi connectivity index (χ4n) is 3.00. The molecule has 0 unspecified atom stereocenters. The standard InChI is InChI=1S/C22H21N7O3S/c1-4-19(30)24-13-5-7-14(8-6-13)33-22-25-16(10-18(26-22)21(31)32-3)15-11-23-29-20(15)17-9-12(2)27-28-17/h5-11H,4H2,1-3H3,(H,23,29)(H,24,30)(H,27,28). The number of H-pyrrole nitrogens is 2. The number of aromatic amines is 2. The van der Waals surface area contributed by atoms with Gasteiger partial charge < -0.3 is 10.1 Å². The molecule has 4 rings (SSSR count). The Morgan fingerprint density at radius 2 is 1.88 bits per heavy atom. The lowest BCUT2D eigenvalue weighted by Crippen LogP contribution is -2.09. The van der Waals surface area contributed by atoms with Gasteiger partial charge >= 0.3 is 5.97 Å². The minimum atomic E-state index is -0.571. The molecule has 0 fully saturated rings. The molecule has 3 aromatic heterocycles. The lowest BCUT2D eigenvalue weighted by Gasteiger charge is -2.08. The SMILES string of the molecule is CCC(=O)Nc1ccc(Sc2nc(C(=O)OC)cc(-c3cn[nH]c3-c3cc(C)[nH]n3)n2)cc1. The van der Waals surface area contributed by atoms with E-state index in [0.717, 1.165) is 10.6 Å². The van der Waals surface area contributed by atoms with Crippen LogP contribution in [0.4, 0.5) is 5.69 Å². The molecule has 0 saturated carbocycles. The number of esters is 1. The van der Waals surface area contributed by atoms with Crippen LogP contribution >= 0.6 is 11.8 Å². The molecule has 0 aliphatic rings. The van der Waals surface area contributed by atoms with Crippen molar-refractivity contribution >= 4 is 29.3 Å². The maximum atomic E-state index is 12.3. The first-order chi connectivity index (χ1) is 16.0. The highest BCUT2D eigenvalue weighted by molar-refractivity contribution is 7.99. The second-order valence-electron chi connectivity index (χ2n) is 7.04. The number of aromatic nitrogens is 6. The number of nitrogens with zero attached hydrogens (tertiary/aromatic N) is 4. The normalized spacial score (nSPS) is 10.8. The fraction of sp³-hybridized carbons (Fsp3) is 0.182. The molecule has 1 amide bonds. The second kappa shape index (κ2) is 9.65. The van der Waals surface area contributed by atoms with Crippen LogP contribution in [-0.2, 0) is 9.53 Å². The molecule has 4 aromatic rings. The molecule has 0 aliphatic heterocycles. The summed E-state index contributed by atoms with van der Waals surface area (Å²) in [6.45, 7) is 3.70. The maximum Gasteiger partial charge on any atom is 0.356 e. The quantitative estimate of drug-likeness (QED) is 0.277. The van der Waals surface area contributed by atoms with Gasteiger partial charge in [0.1, 0.15) is 5.69 Å². The van der Waals surface area contributed by atoms with Gasteiger partial charge in [0.15, 0.2) is 10.9 Å². The van der Waals surface area contributed by atoms with E-state index in [-0.39, 0.29) is 11.6 Å². The summed E-state index contributed by atoms with van der Waals surface area (Å²) in [6, 6.07) is 10.7. The first kappa shape index (κ1) is 22.2. The van der Waals surface area contributed by atoms with Gasteiger partial charge in [-0.25, -0.2) is 14.8 Å². The van der Waals surface area contributed by atoms with Crippen LogP contribution in [0.25, 0.3) is 22.6 Å². The molecule has 11 heteroatoms. The summed E-state index contributed by atoms with van der Waals surface area (Å²) >= 11 is 1.29. The molecule has 33 heavy (non-hydrogen) atoms. The van der Waals surface area contributed by atoms with Crippen LogP contribution in [0, 0.1) is 6.92 Å². The first-order valence-electron chi connectivity index (χ1n) is 10.1. The molecule has 3 N–H and O–H groups in total. The molecule has 0 spiro atoms. The number of aryl methyl sites for hydroxylation is 1. The number of rotatable bonds is 7. The minimum absolute atomic E-state index is 0.0582. The average Bonchev–Trinajstić information content (AvgIpc) is 3.48. The number of carbonyl (C=O) groups excluding carboxylic acids is 2. The van der Waals surface area contributed by atoms with Crippen molar-refractivity contribution in [1.82, 2.24) is 30.4 Å². The number of benzene rings is 1. The maximum absolute atomic E-state index is 12.3. The van der Waals surface area contributed by atoms with Gasteiger partial charge in [-0.15, -0.1) is 0 Å². The van der Waals surface area contributed by atoms with Gasteiger partial charge in [-0.05, 0) is 55.1 Å². The van der Waals surface area contributed by atoms with Gasteiger partial charge in [0.2, 0.25) is 5.91 Å². The zero-order valence-electron chi connectivity index (χ0n) is 18.2.